The largest absolute Gasteiger partial charge is 0.481 e. The third-order valence-electron chi connectivity index (χ3n) is 3.84. The second-order valence-electron chi connectivity index (χ2n) is 5.49. The number of nitrogens with zero attached hydrogens (tertiary/aromatic N) is 2. The Morgan fingerprint density at radius 3 is 2.68 bits per heavy atom. The predicted octanol–water partition coefficient (Wildman–Crippen LogP) is 1.96. The normalized spacial score (nSPS) is 17.3. The van der Waals surface area contributed by atoms with Crippen molar-refractivity contribution in [3.05, 3.63) is 24.0 Å². The molecule has 1 aliphatic carbocycles. The van der Waals surface area contributed by atoms with E-state index in [0.29, 0.717) is 18.3 Å². The molecule has 0 unspecified atom stereocenters. The number of carboxylic acids is 1. The molecule has 0 spiro atoms. The Kier molecular flexibility index (Phi) is 4.24. The van der Waals surface area contributed by atoms with Gasteiger partial charge in [-0.2, -0.15) is 0 Å². The van der Waals surface area contributed by atoms with E-state index >= 15 is 0 Å². The van der Waals surface area contributed by atoms with E-state index in [1.807, 2.05) is 0 Å². The van der Waals surface area contributed by atoms with Crippen LogP contribution in [0.15, 0.2) is 18.2 Å². The molecule has 1 aromatic rings. The molecule has 0 saturated heterocycles. The van der Waals surface area contributed by atoms with Crippen LogP contribution in [0.3, 0.4) is 0 Å². The highest BCUT2D eigenvalue weighted by molar-refractivity contribution is 8.00. The SMILES string of the molecule is O=C(O)CSCC(=O)N1CCN(C2CC2)c2ccc(F)cc21. The number of hydrogen-bond acceptors (Lipinski definition) is 4. The smallest absolute Gasteiger partial charge is 0.313 e. The third-order valence-corrected chi connectivity index (χ3v) is 4.74. The van der Waals surface area contributed by atoms with E-state index in [4.69, 9.17) is 5.11 Å². The summed E-state index contributed by atoms with van der Waals surface area (Å²) in [7, 11) is 0. The van der Waals surface area contributed by atoms with Gasteiger partial charge in [-0.3, -0.25) is 9.59 Å². The van der Waals surface area contributed by atoms with Crippen LogP contribution in [0.25, 0.3) is 0 Å². The zero-order valence-corrected chi connectivity index (χ0v) is 12.8. The van der Waals surface area contributed by atoms with Gasteiger partial charge >= 0.3 is 5.97 Å². The fraction of sp³-hybridized carbons (Fsp3) is 0.467. The highest BCUT2D eigenvalue weighted by atomic mass is 32.2. The van der Waals surface area contributed by atoms with Crippen molar-refractivity contribution in [3.63, 3.8) is 0 Å². The van der Waals surface area contributed by atoms with Gasteiger partial charge in [0, 0.05) is 19.1 Å². The zero-order chi connectivity index (χ0) is 15.7. The monoisotopic (exact) mass is 324 g/mol. The van der Waals surface area contributed by atoms with Gasteiger partial charge in [-0.25, -0.2) is 4.39 Å². The minimum Gasteiger partial charge on any atom is -0.481 e. The molecule has 1 aromatic carbocycles. The summed E-state index contributed by atoms with van der Waals surface area (Å²) >= 11 is 1.06. The molecule has 5 nitrogen and oxygen atoms in total. The lowest BCUT2D eigenvalue weighted by molar-refractivity contribution is -0.133. The van der Waals surface area contributed by atoms with Crippen molar-refractivity contribution in [2.24, 2.45) is 0 Å². The Morgan fingerprint density at radius 2 is 2.00 bits per heavy atom. The number of fused-ring (bicyclic) bond motifs is 1. The first kappa shape index (κ1) is 15.1. The molecule has 0 aromatic heterocycles. The zero-order valence-electron chi connectivity index (χ0n) is 12.0. The van der Waals surface area contributed by atoms with Gasteiger partial charge in [0.2, 0.25) is 5.91 Å². The lowest BCUT2D eigenvalue weighted by Gasteiger charge is -2.38. The van der Waals surface area contributed by atoms with Crippen molar-refractivity contribution in [1.29, 1.82) is 0 Å². The molecule has 7 heteroatoms. The van der Waals surface area contributed by atoms with Gasteiger partial charge in [-0.15, -0.1) is 11.8 Å². The number of halogens is 1. The second kappa shape index (κ2) is 6.16. The maximum Gasteiger partial charge on any atom is 0.313 e. The van der Waals surface area contributed by atoms with Crippen LogP contribution in [0.4, 0.5) is 15.8 Å². The molecule has 1 heterocycles. The van der Waals surface area contributed by atoms with E-state index in [2.05, 4.69) is 4.90 Å². The van der Waals surface area contributed by atoms with E-state index in [1.54, 1.807) is 11.0 Å². The van der Waals surface area contributed by atoms with Crippen LogP contribution in [-0.2, 0) is 9.59 Å². The molecule has 3 rings (SSSR count). The number of thioether (sulfide) groups is 1. The molecular formula is C15H17FN2O3S. The minimum atomic E-state index is -0.942. The van der Waals surface area contributed by atoms with Crippen molar-refractivity contribution < 1.29 is 19.1 Å². The van der Waals surface area contributed by atoms with Crippen LogP contribution in [0.1, 0.15) is 12.8 Å². The van der Waals surface area contributed by atoms with Gasteiger partial charge in [-0.1, -0.05) is 0 Å². The van der Waals surface area contributed by atoms with Crippen molar-refractivity contribution >= 4 is 35.0 Å². The summed E-state index contributed by atoms with van der Waals surface area (Å²) in [5.74, 6) is -1.50. The van der Waals surface area contributed by atoms with Crippen molar-refractivity contribution in [1.82, 2.24) is 0 Å². The molecule has 0 atom stereocenters. The number of hydrogen-bond donors (Lipinski definition) is 1. The first-order valence-electron chi connectivity index (χ1n) is 7.22. The number of rotatable bonds is 5. The summed E-state index contributed by atoms with van der Waals surface area (Å²) in [6.45, 7) is 1.25. The molecule has 22 heavy (non-hydrogen) atoms. The van der Waals surface area contributed by atoms with E-state index in [0.717, 1.165) is 36.8 Å². The molecule has 0 radical (unpaired) electrons. The molecule has 1 saturated carbocycles. The lowest BCUT2D eigenvalue weighted by atomic mass is 10.1. The number of aliphatic carboxylic acids is 1. The Bertz CT molecular complexity index is 606. The van der Waals surface area contributed by atoms with Crippen LogP contribution in [-0.4, -0.2) is 47.6 Å². The molecule has 0 bridgehead atoms. The summed E-state index contributed by atoms with van der Waals surface area (Å²) in [5, 5.41) is 8.63. The van der Waals surface area contributed by atoms with E-state index in [9.17, 15) is 14.0 Å². The number of benzene rings is 1. The topological polar surface area (TPSA) is 60.9 Å². The average Bonchev–Trinajstić information content (AvgIpc) is 3.29. The van der Waals surface area contributed by atoms with Crippen LogP contribution in [0.2, 0.25) is 0 Å². The number of carbonyl (C=O) groups excluding carboxylic acids is 1. The summed E-state index contributed by atoms with van der Waals surface area (Å²) in [6, 6.07) is 5.04. The standard InChI is InChI=1S/C15H17FN2O3S/c16-10-1-4-12-13(7-10)18(6-5-17(12)11-2-3-11)14(19)8-22-9-15(20)21/h1,4,7,11H,2-3,5-6,8-9H2,(H,20,21). The summed E-state index contributed by atoms with van der Waals surface area (Å²) in [4.78, 5) is 26.7. The average molecular weight is 324 g/mol. The van der Waals surface area contributed by atoms with Gasteiger partial charge in [0.25, 0.3) is 0 Å². The Balaban J connectivity index is 1.78. The molecular weight excluding hydrogens is 307 g/mol. The van der Waals surface area contributed by atoms with Crippen molar-refractivity contribution in [2.45, 2.75) is 18.9 Å². The summed E-state index contributed by atoms with van der Waals surface area (Å²) in [6.07, 6.45) is 2.28. The number of carboxylic acid groups (broad SMARTS) is 1. The molecule has 1 aliphatic heterocycles. The molecule has 1 N–H and O–H groups in total. The maximum absolute atomic E-state index is 13.6. The second-order valence-corrected chi connectivity index (χ2v) is 6.48. The fourth-order valence-electron chi connectivity index (χ4n) is 2.73. The first-order valence-corrected chi connectivity index (χ1v) is 8.38. The van der Waals surface area contributed by atoms with E-state index < -0.39 is 5.97 Å². The summed E-state index contributed by atoms with van der Waals surface area (Å²) < 4.78 is 13.6. The van der Waals surface area contributed by atoms with Crippen LogP contribution in [0.5, 0.6) is 0 Å². The number of amides is 1. The Hall–Kier alpha value is -1.76. The first-order chi connectivity index (χ1) is 10.6. The van der Waals surface area contributed by atoms with E-state index in [1.165, 1.54) is 12.1 Å². The Labute approximate surface area is 132 Å². The third kappa shape index (κ3) is 3.19. The quantitative estimate of drug-likeness (QED) is 0.897. The minimum absolute atomic E-state index is 0.0890. The predicted molar refractivity (Wildman–Crippen MR) is 84.1 cm³/mol. The van der Waals surface area contributed by atoms with Crippen LogP contribution < -0.4 is 9.80 Å². The van der Waals surface area contributed by atoms with Gasteiger partial charge in [0.1, 0.15) is 5.82 Å². The maximum atomic E-state index is 13.6. The summed E-state index contributed by atoms with van der Waals surface area (Å²) in [5.41, 5.74) is 1.49. The van der Waals surface area contributed by atoms with Crippen molar-refractivity contribution in [2.75, 3.05) is 34.4 Å². The highest BCUT2D eigenvalue weighted by Gasteiger charge is 2.35. The molecule has 1 fully saturated rings. The molecule has 118 valence electrons. The highest BCUT2D eigenvalue weighted by Crippen LogP contribution is 2.40. The number of anilines is 2. The number of carbonyl (C=O) groups is 2. The van der Waals surface area contributed by atoms with E-state index in [-0.39, 0.29) is 23.2 Å². The van der Waals surface area contributed by atoms with Gasteiger partial charge < -0.3 is 14.9 Å². The van der Waals surface area contributed by atoms with Gasteiger partial charge in [0.05, 0.1) is 22.9 Å². The fourth-order valence-corrected chi connectivity index (χ4v) is 3.34. The van der Waals surface area contributed by atoms with Crippen LogP contribution in [0, 0.1) is 5.82 Å². The lowest BCUT2D eigenvalue weighted by Crippen LogP contribution is -2.45. The Morgan fingerprint density at radius 1 is 1.23 bits per heavy atom. The van der Waals surface area contributed by atoms with Crippen molar-refractivity contribution in [3.8, 4) is 0 Å². The molecule has 2 aliphatic rings. The molecule has 1 amide bonds. The van der Waals surface area contributed by atoms with Gasteiger partial charge in [0.15, 0.2) is 0 Å². The van der Waals surface area contributed by atoms with Gasteiger partial charge in [-0.05, 0) is 31.0 Å². The van der Waals surface area contributed by atoms with Crippen LogP contribution >= 0.6 is 11.8 Å².